The molecule has 158 valence electrons. The highest BCUT2D eigenvalue weighted by Crippen LogP contribution is 2.69. The lowest BCUT2D eigenvalue weighted by molar-refractivity contribution is -0.292. The maximum absolute atomic E-state index is 12.6. The summed E-state index contributed by atoms with van der Waals surface area (Å²) in [4.78, 5) is 25.0. The number of carbonyl (C=O) groups excluding carboxylic acids is 2. The third-order valence-electron chi connectivity index (χ3n) is 8.09. The second-order valence-electron chi connectivity index (χ2n) is 9.27. The minimum atomic E-state index is -1.55. The molecule has 2 N–H and O–H groups in total. The lowest BCUT2D eigenvalue weighted by Gasteiger charge is -2.64. The number of aliphatic hydroxyl groups is 2. The topological polar surface area (TPSA) is 93.1 Å². The van der Waals surface area contributed by atoms with Crippen molar-refractivity contribution in [1.29, 1.82) is 0 Å². The molecule has 0 aromatic heterocycles. The van der Waals surface area contributed by atoms with Crippen LogP contribution in [0.2, 0.25) is 0 Å². The van der Waals surface area contributed by atoms with Crippen LogP contribution in [0, 0.1) is 22.7 Å². The number of esters is 2. The van der Waals surface area contributed by atoms with Crippen molar-refractivity contribution in [1.82, 2.24) is 0 Å². The molecule has 1 spiro atoms. The molecule has 4 rings (SSSR count). The van der Waals surface area contributed by atoms with E-state index in [1.54, 1.807) is 24.3 Å². The number of aliphatic hydroxyl groups excluding tert-OH is 1. The summed E-state index contributed by atoms with van der Waals surface area (Å²) >= 11 is 3.34. The van der Waals surface area contributed by atoms with Crippen LogP contribution in [-0.4, -0.2) is 46.6 Å². The summed E-state index contributed by atoms with van der Waals surface area (Å²) in [5.41, 5.74) is -2.88. The van der Waals surface area contributed by atoms with Crippen LogP contribution < -0.4 is 0 Å². The predicted molar refractivity (Wildman–Crippen MR) is 108 cm³/mol. The molecule has 7 heteroatoms. The summed E-state index contributed by atoms with van der Waals surface area (Å²) in [5.74, 6) is -1.16. The number of rotatable bonds is 3. The van der Waals surface area contributed by atoms with Gasteiger partial charge in [0.2, 0.25) is 0 Å². The van der Waals surface area contributed by atoms with Crippen LogP contribution in [0.5, 0.6) is 0 Å². The van der Waals surface area contributed by atoms with Crippen LogP contribution in [0.1, 0.15) is 50.4 Å². The summed E-state index contributed by atoms with van der Waals surface area (Å²) in [7, 11) is 0. The van der Waals surface area contributed by atoms with Crippen LogP contribution in [-0.2, 0) is 14.3 Å². The molecular weight excluding hydrogens is 440 g/mol. The Balaban J connectivity index is 1.68. The lowest BCUT2D eigenvalue weighted by atomic mass is 9.46. The van der Waals surface area contributed by atoms with Gasteiger partial charge < -0.3 is 19.7 Å². The molecule has 0 radical (unpaired) electrons. The standard InChI is InChI=1S/C22H27BrO6/c1-12-8-17(24)22(27)20(3,11-28-19(26)14-4-6-15(23)7-5-14)13(2)16-9-21(12,22)10-18(25)29-16/h4-7,12-13,16-17,24,27H,8-11H2,1-3H3/t12-,13-,16-,17+,20-,21-,22+/m1/s1. The van der Waals surface area contributed by atoms with Gasteiger partial charge in [-0.1, -0.05) is 36.7 Å². The first-order valence-corrected chi connectivity index (χ1v) is 10.9. The van der Waals surface area contributed by atoms with Gasteiger partial charge in [-0.3, -0.25) is 4.79 Å². The Kier molecular flexibility index (Phi) is 4.87. The van der Waals surface area contributed by atoms with Crippen molar-refractivity contribution in [3.8, 4) is 0 Å². The number of fused-ring (bicyclic) bond motifs is 1. The summed E-state index contributed by atoms with van der Waals surface area (Å²) < 4.78 is 12.1. The van der Waals surface area contributed by atoms with E-state index < -0.39 is 28.5 Å². The Morgan fingerprint density at radius 1 is 1.31 bits per heavy atom. The third-order valence-corrected chi connectivity index (χ3v) is 8.61. The van der Waals surface area contributed by atoms with E-state index >= 15 is 0 Å². The summed E-state index contributed by atoms with van der Waals surface area (Å²) in [6, 6.07) is 6.85. The normalized spacial score (nSPS) is 43.4. The van der Waals surface area contributed by atoms with Crippen LogP contribution in [0.4, 0.5) is 0 Å². The van der Waals surface area contributed by atoms with Gasteiger partial charge in [-0.25, -0.2) is 4.79 Å². The number of benzene rings is 1. The van der Waals surface area contributed by atoms with E-state index in [1.807, 2.05) is 20.8 Å². The zero-order chi connectivity index (χ0) is 21.2. The highest BCUT2D eigenvalue weighted by molar-refractivity contribution is 9.10. The molecule has 1 saturated heterocycles. The molecule has 0 amide bonds. The van der Waals surface area contributed by atoms with Crippen molar-refractivity contribution in [3.05, 3.63) is 34.3 Å². The number of carbonyl (C=O) groups is 2. The largest absolute Gasteiger partial charge is 0.462 e. The maximum atomic E-state index is 12.6. The molecule has 2 saturated carbocycles. The minimum absolute atomic E-state index is 0.0492. The Labute approximate surface area is 178 Å². The quantitative estimate of drug-likeness (QED) is 0.664. The zero-order valence-electron chi connectivity index (χ0n) is 16.9. The van der Waals surface area contributed by atoms with E-state index in [4.69, 9.17) is 9.47 Å². The van der Waals surface area contributed by atoms with Crippen molar-refractivity contribution in [2.75, 3.05) is 6.61 Å². The van der Waals surface area contributed by atoms with E-state index in [-0.39, 0.29) is 36.9 Å². The highest BCUT2D eigenvalue weighted by Gasteiger charge is 2.76. The SMILES string of the molecule is C[C@@H]1C[C@H](O)[C@@]2(O)[C@]13CC(=O)O[C@H](C3)[C@@H](C)[C@@]2(C)COC(=O)c1ccc(Br)cc1. The number of halogens is 1. The van der Waals surface area contributed by atoms with E-state index in [2.05, 4.69) is 15.9 Å². The molecule has 1 aromatic rings. The van der Waals surface area contributed by atoms with Gasteiger partial charge in [0.05, 0.1) is 18.1 Å². The summed E-state index contributed by atoms with van der Waals surface area (Å²) in [6.45, 7) is 5.64. The Morgan fingerprint density at radius 3 is 2.62 bits per heavy atom. The Bertz CT molecular complexity index is 840. The molecule has 7 atom stereocenters. The monoisotopic (exact) mass is 466 g/mol. The van der Waals surface area contributed by atoms with Crippen LogP contribution in [0.3, 0.4) is 0 Å². The highest BCUT2D eigenvalue weighted by atomic mass is 79.9. The van der Waals surface area contributed by atoms with Crippen LogP contribution >= 0.6 is 15.9 Å². The fourth-order valence-electron chi connectivity index (χ4n) is 6.16. The lowest BCUT2D eigenvalue weighted by Crippen LogP contribution is -2.73. The van der Waals surface area contributed by atoms with E-state index in [0.29, 0.717) is 18.4 Å². The predicted octanol–water partition coefficient (Wildman–Crippen LogP) is 3.09. The Hall–Kier alpha value is -1.44. The Morgan fingerprint density at radius 2 is 1.97 bits per heavy atom. The average molecular weight is 467 g/mol. The van der Waals surface area contributed by atoms with Gasteiger partial charge in [0.1, 0.15) is 18.3 Å². The fourth-order valence-corrected chi connectivity index (χ4v) is 6.42. The maximum Gasteiger partial charge on any atom is 0.338 e. The molecule has 3 fully saturated rings. The van der Waals surface area contributed by atoms with Crippen LogP contribution in [0.15, 0.2) is 28.7 Å². The zero-order valence-corrected chi connectivity index (χ0v) is 18.4. The summed E-state index contributed by atoms with van der Waals surface area (Å²) in [6.07, 6.45) is -0.380. The first-order valence-electron chi connectivity index (χ1n) is 10.1. The van der Waals surface area contributed by atoms with Gasteiger partial charge in [0.25, 0.3) is 0 Å². The van der Waals surface area contributed by atoms with Gasteiger partial charge in [-0.05, 0) is 43.0 Å². The first-order chi connectivity index (χ1) is 13.5. The van der Waals surface area contributed by atoms with Crippen molar-refractivity contribution in [3.63, 3.8) is 0 Å². The second kappa shape index (κ2) is 6.79. The van der Waals surface area contributed by atoms with E-state index in [0.717, 1.165) is 4.47 Å². The molecule has 6 nitrogen and oxygen atoms in total. The van der Waals surface area contributed by atoms with Gasteiger partial charge in [-0.15, -0.1) is 0 Å². The van der Waals surface area contributed by atoms with Crippen molar-refractivity contribution >= 4 is 27.9 Å². The number of hydrogen-bond donors (Lipinski definition) is 2. The summed E-state index contributed by atoms with van der Waals surface area (Å²) in [5, 5.41) is 23.0. The van der Waals surface area contributed by atoms with E-state index in [1.165, 1.54) is 0 Å². The molecule has 0 unspecified atom stereocenters. The number of hydrogen-bond acceptors (Lipinski definition) is 6. The molecule has 2 aliphatic carbocycles. The number of ether oxygens (including phenoxy) is 2. The molecular formula is C22H27BrO6. The van der Waals surface area contributed by atoms with Gasteiger partial charge in [0.15, 0.2) is 0 Å². The molecule has 3 aliphatic rings. The smallest absolute Gasteiger partial charge is 0.338 e. The van der Waals surface area contributed by atoms with Crippen molar-refractivity contribution in [2.24, 2.45) is 22.7 Å². The molecule has 2 bridgehead atoms. The van der Waals surface area contributed by atoms with Gasteiger partial charge >= 0.3 is 11.9 Å². The van der Waals surface area contributed by atoms with Gasteiger partial charge in [0, 0.05) is 21.2 Å². The molecule has 1 aliphatic heterocycles. The second-order valence-corrected chi connectivity index (χ2v) is 10.2. The minimum Gasteiger partial charge on any atom is -0.462 e. The third kappa shape index (κ3) is 2.73. The fraction of sp³-hybridized carbons (Fsp3) is 0.636. The average Bonchev–Trinajstić information content (AvgIpc) is 2.86. The molecule has 1 aromatic carbocycles. The van der Waals surface area contributed by atoms with E-state index in [9.17, 15) is 19.8 Å². The van der Waals surface area contributed by atoms with Crippen LogP contribution in [0.25, 0.3) is 0 Å². The van der Waals surface area contributed by atoms with Crippen molar-refractivity contribution in [2.45, 2.75) is 57.8 Å². The first kappa shape index (κ1) is 20.8. The molecule has 1 heterocycles. The van der Waals surface area contributed by atoms with Gasteiger partial charge in [-0.2, -0.15) is 0 Å². The molecule has 29 heavy (non-hydrogen) atoms. The van der Waals surface area contributed by atoms with Crippen molar-refractivity contribution < 1.29 is 29.3 Å².